The first-order chi connectivity index (χ1) is 12.8. The van der Waals surface area contributed by atoms with Crippen LogP contribution in [0, 0.1) is 11.3 Å². The Morgan fingerprint density at radius 3 is 1.96 bits per heavy atom. The topological polar surface area (TPSA) is 98.7 Å². The summed E-state index contributed by atoms with van der Waals surface area (Å²) < 4.78 is 0. The fraction of sp³-hybridized carbons (Fsp3) is 0.905. The van der Waals surface area contributed by atoms with E-state index in [9.17, 15) is 19.8 Å². The van der Waals surface area contributed by atoms with E-state index in [-0.39, 0.29) is 31.0 Å². The summed E-state index contributed by atoms with van der Waals surface area (Å²) in [5.74, 6) is -0.391. The molecule has 0 aliphatic heterocycles. The van der Waals surface area contributed by atoms with Crippen molar-refractivity contribution in [2.24, 2.45) is 11.3 Å². The molecule has 1 fully saturated rings. The minimum Gasteiger partial charge on any atom is -0.396 e. The van der Waals surface area contributed by atoms with E-state index in [0.717, 1.165) is 25.7 Å². The number of hydrogen-bond donors (Lipinski definition) is 4. The average molecular weight is 385 g/mol. The van der Waals surface area contributed by atoms with Gasteiger partial charge < -0.3 is 20.8 Å². The Kier molecular flexibility index (Phi) is 10.9. The second kappa shape index (κ2) is 12.3. The third-order valence-electron chi connectivity index (χ3n) is 5.59. The molecule has 4 N–H and O–H groups in total. The molecule has 6 heteroatoms. The van der Waals surface area contributed by atoms with E-state index in [2.05, 4.69) is 10.6 Å². The number of rotatable bonds is 7. The third kappa shape index (κ3) is 9.06. The Balaban J connectivity index is 2.43. The predicted octanol–water partition coefficient (Wildman–Crippen LogP) is 2.52. The second-order valence-corrected chi connectivity index (χ2v) is 8.81. The van der Waals surface area contributed by atoms with Crippen molar-refractivity contribution in [2.75, 3.05) is 13.2 Å². The van der Waals surface area contributed by atoms with Crippen molar-refractivity contribution in [2.45, 2.75) is 97.1 Å². The summed E-state index contributed by atoms with van der Waals surface area (Å²) in [5, 5.41) is 24.9. The van der Waals surface area contributed by atoms with Gasteiger partial charge >= 0.3 is 0 Å². The first-order valence-electron chi connectivity index (χ1n) is 10.6. The van der Waals surface area contributed by atoms with Gasteiger partial charge in [-0.3, -0.25) is 9.59 Å². The summed E-state index contributed by atoms with van der Waals surface area (Å²) >= 11 is 0. The van der Waals surface area contributed by atoms with E-state index in [4.69, 9.17) is 0 Å². The number of hydrogen-bond acceptors (Lipinski definition) is 4. The Morgan fingerprint density at radius 1 is 1.00 bits per heavy atom. The van der Waals surface area contributed by atoms with Gasteiger partial charge in [0.2, 0.25) is 11.8 Å². The molecule has 158 valence electrons. The van der Waals surface area contributed by atoms with Crippen molar-refractivity contribution in [3.63, 3.8) is 0 Å². The zero-order chi connectivity index (χ0) is 20.3. The zero-order valence-electron chi connectivity index (χ0n) is 17.4. The van der Waals surface area contributed by atoms with Gasteiger partial charge in [-0.05, 0) is 19.8 Å². The van der Waals surface area contributed by atoms with E-state index >= 15 is 0 Å². The lowest BCUT2D eigenvalue weighted by Gasteiger charge is -2.28. The number of carbonyl (C=O) groups excluding carboxylic acids is 2. The molecular formula is C21H40N2O4. The highest BCUT2D eigenvalue weighted by atomic mass is 16.3. The molecule has 0 bridgehead atoms. The van der Waals surface area contributed by atoms with Gasteiger partial charge in [-0.15, -0.1) is 0 Å². The van der Waals surface area contributed by atoms with Crippen LogP contribution in [0.25, 0.3) is 0 Å². The number of aliphatic hydroxyl groups excluding tert-OH is 2. The zero-order valence-corrected chi connectivity index (χ0v) is 17.4. The molecule has 2 atom stereocenters. The highest BCUT2D eigenvalue weighted by Gasteiger charge is 2.33. The normalized spacial score (nSPS) is 20.2. The highest BCUT2D eigenvalue weighted by Crippen LogP contribution is 2.22. The van der Waals surface area contributed by atoms with E-state index in [1.165, 1.54) is 38.5 Å². The summed E-state index contributed by atoms with van der Waals surface area (Å²) in [6, 6.07) is -0.205. The lowest BCUT2D eigenvalue weighted by atomic mass is 9.87. The quantitative estimate of drug-likeness (QED) is 0.542. The summed E-state index contributed by atoms with van der Waals surface area (Å²) in [4.78, 5) is 24.7. The SMILES string of the molecule is CC(CNC(=O)C(O)C(C)(C)CO)NC(=O)C1CCCCCCCCCC1. The molecule has 1 aliphatic carbocycles. The fourth-order valence-electron chi connectivity index (χ4n) is 3.45. The number of carbonyl (C=O) groups is 2. The molecule has 0 radical (unpaired) electrons. The average Bonchev–Trinajstić information content (AvgIpc) is 2.70. The number of aliphatic hydroxyl groups is 2. The molecule has 1 rings (SSSR count). The first-order valence-corrected chi connectivity index (χ1v) is 10.6. The van der Waals surface area contributed by atoms with Gasteiger partial charge in [0.15, 0.2) is 0 Å². The standard InChI is InChI=1S/C21H40N2O4/c1-16(14-22-20(27)18(25)21(2,3)15-24)23-19(26)17-12-10-8-6-4-5-7-9-11-13-17/h16-18,24-25H,4-15H2,1-3H3,(H,22,27)(H,23,26). The third-order valence-corrected chi connectivity index (χ3v) is 5.59. The lowest BCUT2D eigenvalue weighted by molar-refractivity contribution is -0.137. The number of nitrogens with one attached hydrogen (secondary N) is 2. The Morgan fingerprint density at radius 2 is 1.48 bits per heavy atom. The molecule has 27 heavy (non-hydrogen) atoms. The van der Waals surface area contributed by atoms with Crippen molar-refractivity contribution < 1.29 is 19.8 Å². The lowest BCUT2D eigenvalue weighted by Crippen LogP contribution is -2.50. The Bertz CT molecular complexity index is 441. The van der Waals surface area contributed by atoms with Crippen molar-refractivity contribution in [3.8, 4) is 0 Å². The van der Waals surface area contributed by atoms with E-state index in [1.807, 2.05) is 6.92 Å². The van der Waals surface area contributed by atoms with Crippen LogP contribution in [0.4, 0.5) is 0 Å². The highest BCUT2D eigenvalue weighted by molar-refractivity contribution is 5.81. The van der Waals surface area contributed by atoms with Crippen LogP contribution < -0.4 is 10.6 Å². The molecule has 1 saturated carbocycles. The van der Waals surface area contributed by atoms with Crippen LogP contribution in [0.1, 0.15) is 85.0 Å². The molecule has 2 amide bonds. The largest absolute Gasteiger partial charge is 0.396 e. The van der Waals surface area contributed by atoms with Crippen LogP contribution in [0.15, 0.2) is 0 Å². The predicted molar refractivity (Wildman–Crippen MR) is 107 cm³/mol. The van der Waals surface area contributed by atoms with Crippen LogP contribution >= 0.6 is 0 Å². The molecule has 0 spiro atoms. The molecule has 2 unspecified atom stereocenters. The monoisotopic (exact) mass is 384 g/mol. The molecular weight excluding hydrogens is 344 g/mol. The van der Waals surface area contributed by atoms with Gasteiger partial charge in [-0.1, -0.05) is 65.2 Å². The maximum absolute atomic E-state index is 12.6. The van der Waals surface area contributed by atoms with Crippen molar-refractivity contribution in [1.82, 2.24) is 10.6 Å². The van der Waals surface area contributed by atoms with Crippen LogP contribution in [0.2, 0.25) is 0 Å². The van der Waals surface area contributed by atoms with Gasteiger partial charge in [-0.2, -0.15) is 0 Å². The van der Waals surface area contributed by atoms with E-state index < -0.39 is 17.4 Å². The minimum atomic E-state index is -1.28. The van der Waals surface area contributed by atoms with Gasteiger partial charge in [0.05, 0.1) is 6.61 Å². The van der Waals surface area contributed by atoms with Crippen molar-refractivity contribution >= 4 is 11.8 Å². The molecule has 1 aliphatic rings. The van der Waals surface area contributed by atoms with Crippen LogP contribution in [-0.4, -0.2) is 47.3 Å². The smallest absolute Gasteiger partial charge is 0.249 e. The minimum absolute atomic E-state index is 0.0557. The van der Waals surface area contributed by atoms with Gasteiger partial charge in [0.25, 0.3) is 0 Å². The summed E-state index contributed by atoms with van der Waals surface area (Å²) in [6.07, 6.45) is 10.4. The van der Waals surface area contributed by atoms with E-state index in [1.54, 1.807) is 13.8 Å². The van der Waals surface area contributed by atoms with Crippen LogP contribution in [0.5, 0.6) is 0 Å². The van der Waals surface area contributed by atoms with Gasteiger partial charge in [0.1, 0.15) is 6.10 Å². The molecule has 0 saturated heterocycles. The second-order valence-electron chi connectivity index (χ2n) is 8.81. The maximum atomic E-state index is 12.6. The van der Waals surface area contributed by atoms with Gasteiger partial charge in [0, 0.05) is 23.9 Å². The van der Waals surface area contributed by atoms with Gasteiger partial charge in [-0.25, -0.2) is 0 Å². The summed E-state index contributed by atoms with van der Waals surface area (Å²) in [7, 11) is 0. The van der Waals surface area contributed by atoms with Crippen LogP contribution in [0.3, 0.4) is 0 Å². The van der Waals surface area contributed by atoms with Crippen LogP contribution in [-0.2, 0) is 9.59 Å². The van der Waals surface area contributed by atoms with Crippen molar-refractivity contribution in [1.29, 1.82) is 0 Å². The summed E-state index contributed by atoms with van der Waals surface area (Å²) in [5.41, 5.74) is -0.897. The maximum Gasteiger partial charge on any atom is 0.249 e. The number of amides is 2. The van der Waals surface area contributed by atoms with E-state index in [0.29, 0.717) is 0 Å². The Labute approximate surface area is 164 Å². The molecule has 6 nitrogen and oxygen atoms in total. The molecule has 0 aromatic carbocycles. The molecule has 0 aromatic heterocycles. The van der Waals surface area contributed by atoms with Crippen molar-refractivity contribution in [3.05, 3.63) is 0 Å². The summed E-state index contributed by atoms with van der Waals surface area (Å²) in [6.45, 7) is 5.09. The Hall–Kier alpha value is -1.14. The molecule has 0 aromatic rings. The first kappa shape index (κ1) is 23.9. The fourth-order valence-corrected chi connectivity index (χ4v) is 3.45. The molecule has 0 heterocycles.